The van der Waals surface area contributed by atoms with Crippen LogP contribution >= 0.6 is 0 Å². The van der Waals surface area contributed by atoms with Gasteiger partial charge in [-0.25, -0.2) is 0 Å². The van der Waals surface area contributed by atoms with Gasteiger partial charge in [-0.1, -0.05) is 13.8 Å². The molecular formula is C12H24N2O3. The molecule has 0 heterocycles. The largest absolute Gasteiger partial charge is 0.381 e. The molecule has 0 fully saturated rings. The van der Waals surface area contributed by atoms with Gasteiger partial charge >= 0.3 is 0 Å². The fourth-order valence-electron chi connectivity index (χ4n) is 1.23. The van der Waals surface area contributed by atoms with E-state index in [0.717, 1.165) is 13.0 Å². The summed E-state index contributed by atoms with van der Waals surface area (Å²) in [7, 11) is 0. The van der Waals surface area contributed by atoms with Crippen molar-refractivity contribution in [2.75, 3.05) is 19.8 Å². The van der Waals surface area contributed by atoms with E-state index in [1.165, 1.54) is 6.92 Å². The molecule has 0 saturated carbocycles. The van der Waals surface area contributed by atoms with Crippen molar-refractivity contribution in [1.29, 1.82) is 0 Å². The molecule has 0 aliphatic rings. The lowest BCUT2D eigenvalue weighted by Crippen LogP contribution is -2.44. The summed E-state index contributed by atoms with van der Waals surface area (Å²) in [4.78, 5) is 22.2. The Kier molecular flexibility index (Phi) is 8.40. The van der Waals surface area contributed by atoms with Gasteiger partial charge in [0.05, 0.1) is 0 Å². The Morgan fingerprint density at radius 1 is 1.24 bits per heavy atom. The number of rotatable bonds is 8. The summed E-state index contributed by atoms with van der Waals surface area (Å²) in [6, 6.07) is -0.482. The third-order valence-electron chi connectivity index (χ3n) is 2.03. The standard InChI is InChI=1S/C12H24N2O3/c1-9(2)8-17-7-5-6-13-12(16)10(3)14-11(4)15/h9-10H,5-8H2,1-4H3,(H,13,16)(H,14,15). The maximum Gasteiger partial charge on any atom is 0.242 e. The molecule has 5 nitrogen and oxygen atoms in total. The van der Waals surface area contributed by atoms with Crippen LogP contribution in [0.3, 0.4) is 0 Å². The van der Waals surface area contributed by atoms with Gasteiger partial charge in [0.25, 0.3) is 0 Å². The Balaban J connectivity index is 3.48. The van der Waals surface area contributed by atoms with Gasteiger partial charge in [0, 0.05) is 26.7 Å². The van der Waals surface area contributed by atoms with Crippen LogP contribution in [-0.2, 0) is 14.3 Å². The number of ether oxygens (including phenoxy) is 1. The van der Waals surface area contributed by atoms with Crippen molar-refractivity contribution >= 4 is 11.8 Å². The van der Waals surface area contributed by atoms with Crippen LogP contribution in [0.2, 0.25) is 0 Å². The number of hydrogen-bond donors (Lipinski definition) is 2. The molecule has 2 amide bonds. The zero-order chi connectivity index (χ0) is 13.3. The number of carbonyl (C=O) groups excluding carboxylic acids is 2. The molecule has 2 N–H and O–H groups in total. The van der Waals surface area contributed by atoms with Crippen LogP contribution in [0.15, 0.2) is 0 Å². The number of carbonyl (C=O) groups is 2. The van der Waals surface area contributed by atoms with Crippen molar-refractivity contribution in [3.63, 3.8) is 0 Å². The molecule has 5 heteroatoms. The summed E-state index contributed by atoms with van der Waals surface area (Å²) in [5.74, 6) is 0.168. The molecule has 0 bridgehead atoms. The lowest BCUT2D eigenvalue weighted by molar-refractivity contribution is -0.127. The highest BCUT2D eigenvalue weighted by Gasteiger charge is 2.12. The van der Waals surface area contributed by atoms with Crippen LogP contribution in [0.1, 0.15) is 34.1 Å². The van der Waals surface area contributed by atoms with E-state index in [-0.39, 0.29) is 11.8 Å². The normalized spacial score (nSPS) is 12.3. The van der Waals surface area contributed by atoms with Gasteiger partial charge in [-0.3, -0.25) is 9.59 Å². The van der Waals surface area contributed by atoms with Crippen molar-refractivity contribution in [2.24, 2.45) is 5.92 Å². The Morgan fingerprint density at radius 3 is 2.41 bits per heavy atom. The van der Waals surface area contributed by atoms with Crippen molar-refractivity contribution in [1.82, 2.24) is 10.6 Å². The van der Waals surface area contributed by atoms with Gasteiger partial charge in [0.1, 0.15) is 6.04 Å². The molecule has 0 aromatic carbocycles. The van der Waals surface area contributed by atoms with E-state index in [2.05, 4.69) is 24.5 Å². The fourth-order valence-corrected chi connectivity index (χ4v) is 1.23. The molecular weight excluding hydrogens is 220 g/mol. The molecule has 1 atom stereocenters. The first kappa shape index (κ1) is 15.9. The highest BCUT2D eigenvalue weighted by atomic mass is 16.5. The molecule has 0 aromatic rings. The third kappa shape index (κ3) is 9.81. The molecule has 1 unspecified atom stereocenters. The van der Waals surface area contributed by atoms with E-state index in [4.69, 9.17) is 4.74 Å². The minimum Gasteiger partial charge on any atom is -0.381 e. The highest BCUT2D eigenvalue weighted by molar-refractivity contribution is 5.86. The van der Waals surface area contributed by atoms with Crippen LogP contribution < -0.4 is 10.6 Å². The van der Waals surface area contributed by atoms with E-state index < -0.39 is 6.04 Å². The average Bonchev–Trinajstić information content (AvgIpc) is 2.21. The third-order valence-corrected chi connectivity index (χ3v) is 2.03. The average molecular weight is 244 g/mol. The lowest BCUT2D eigenvalue weighted by atomic mass is 10.2. The quantitative estimate of drug-likeness (QED) is 0.617. The van der Waals surface area contributed by atoms with Crippen molar-refractivity contribution < 1.29 is 14.3 Å². The first-order chi connectivity index (χ1) is 7.93. The van der Waals surface area contributed by atoms with E-state index in [0.29, 0.717) is 19.1 Å². The van der Waals surface area contributed by atoms with E-state index in [9.17, 15) is 9.59 Å². The minimum absolute atomic E-state index is 0.163. The van der Waals surface area contributed by atoms with Gasteiger partial charge in [0.2, 0.25) is 11.8 Å². The van der Waals surface area contributed by atoms with Crippen LogP contribution in [0.5, 0.6) is 0 Å². The van der Waals surface area contributed by atoms with Gasteiger partial charge in [0.15, 0.2) is 0 Å². The van der Waals surface area contributed by atoms with E-state index in [1.807, 2.05) is 0 Å². The van der Waals surface area contributed by atoms with Gasteiger partial charge < -0.3 is 15.4 Å². The summed E-state index contributed by atoms with van der Waals surface area (Å²) in [6.07, 6.45) is 0.783. The fraction of sp³-hybridized carbons (Fsp3) is 0.833. The molecule has 0 radical (unpaired) electrons. The van der Waals surface area contributed by atoms with E-state index >= 15 is 0 Å². The summed E-state index contributed by atoms with van der Waals surface area (Å²) in [5, 5.41) is 5.27. The molecule has 0 aromatic heterocycles. The monoisotopic (exact) mass is 244 g/mol. The molecule has 0 rings (SSSR count). The predicted octanol–water partition coefficient (Wildman–Crippen LogP) is 0.690. The van der Waals surface area contributed by atoms with Crippen LogP contribution in [0.4, 0.5) is 0 Å². The zero-order valence-corrected chi connectivity index (χ0v) is 11.2. The van der Waals surface area contributed by atoms with Crippen molar-refractivity contribution in [2.45, 2.75) is 40.2 Å². The summed E-state index contributed by atoms with van der Waals surface area (Å²) < 4.78 is 5.38. The van der Waals surface area contributed by atoms with Gasteiger partial charge in [-0.2, -0.15) is 0 Å². The maximum absolute atomic E-state index is 11.5. The second-order valence-electron chi connectivity index (χ2n) is 4.54. The van der Waals surface area contributed by atoms with Crippen molar-refractivity contribution in [3.8, 4) is 0 Å². The summed E-state index contributed by atoms with van der Waals surface area (Å²) in [6.45, 7) is 9.20. The van der Waals surface area contributed by atoms with Gasteiger partial charge in [-0.15, -0.1) is 0 Å². The number of nitrogens with one attached hydrogen (secondary N) is 2. The topological polar surface area (TPSA) is 67.4 Å². The molecule has 0 aliphatic carbocycles. The Morgan fingerprint density at radius 2 is 1.88 bits per heavy atom. The first-order valence-electron chi connectivity index (χ1n) is 6.06. The second kappa shape index (κ2) is 8.98. The van der Waals surface area contributed by atoms with Crippen molar-refractivity contribution in [3.05, 3.63) is 0 Å². The Hall–Kier alpha value is -1.10. The Bertz CT molecular complexity index is 242. The lowest BCUT2D eigenvalue weighted by Gasteiger charge is -2.13. The molecule has 100 valence electrons. The summed E-state index contributed by atoms with van der Waals surface area (Å²) >= 11 is 0. The summed E-state index contributed by atoms with van der Waals surface area (Å²) in [5.41, 5.74) is 0. The smallest absolute Gasteiger partial charge is 0.242 e. The van der Waals surface area contributed by atoms with Crippen LogP contribution in [0, 0.1) is 5.92 Å². The number of hydrogen-bond acceptors (Lipinski definition) is 3. The minimum atomic E-state index is -0.482. The van der Waals surface area contributed by atoms with Gasteiger partial charge in [-0.05, 0) is 19.3 Å². The second-order valence-corrected chi connectivity index (χ2v) is 4.54. The zero-order valence-electron chi connectivity index (χ0n) is 11.2. The van der Waals surface area contributed by atoms with E-state index in [1.54, 1.807) is 6.92 Å². The molecule has 0 aliphatic heterocycles. The van der Waals surface area contributed by atoms with Crippen LogP contribution in [-0.4, -0.2) is 37.6 Å². The maximum atomic E-state index is 11.5. The molecule has 17 heavy (non-hydrogen) atoms. The SMILES string of the molecule is CC(=O)NC(C)C(=O)NCCCOCC(C)C. The number of amides is 2. The van der Waals surface area contributed by atoms with Crippen LogP contribution in [0.25, 0.3) is 0 Å². The Labute approximate surface area is 103 Å². The molecule has 0 spiro atoms. The predicted molar refractivity (Wildman–Crippen MR) is 66.6 cm³/mol. The highest BCUT2D eigenvalue weighted by Crippen LogP contribution is 1.93. The molecule has 0 saturated heterocycles. The first-order valence-corrected chi connectivity index (χ1v) is 6.06.